The van der Waals surface area contributed by atoms with Gasteiger partial charge in [-0.2, -0.15) is 0 Å². The van der Waals surface area contributed by atoms with E-state index < -0.39 is 10.0 Å². The van der Waals surface area contributed by atoms with Crippen LogP contribution in [0.25, 0.3) is 0 Å². The summed E-state index contributed by atoms with van der Waals surface area (Å²) in [6.07, 6.45) is 4.51. The highest BCUT2D eigenvalue weighted by atomic mass is 35.5. The van der Waals surface area contributed by atoms with E-state index in [0.717, 1.165) is 23.6 Å². The zero-order valence-corrected chi connectivity index (χ0v) is 18.3. The van der Waals surface area contributed by atoms with E-state index in [1.807, 2.05) is 0 Å². The smallest absolute Gasteiger partial charge is 0.264 e. The first kappa shape index (κ1) is 21.0. The van der Waals surface area contributed by atoms with Crippen molar-refractivity contribution in [3.8, 4) is 5.75 Å². The number of benzene rings is 2. The number of hydrogen-bond acceptors (Lipinski definition) is 4. The van der Waals surface area contributed by atoms with Crippen LogP contribution >= 0.6 is 11.6 Å². The van der Waals surface area contributed by atoms with E-state index in [1.165, 1.54) is 31.7 Å². The van der Waals surface area contributed by atoms with Gasteiger partial charge in [0.15, 0.2) is 0 Å². The molecular formula is C22H25ClN2O4S. The highest BCUT2D eigenvalue weighted by Crippen LogP contribution is 2.44. The Bertz CT molecular complexity index is 1030. The number of amides is 1. The Morgan fingerprint density at radius 3 is 2.53 bits per heavy atom. The number of ether oxygens (including phenoxy) is 1. The summed E-state index contributed by atoms with van der Waals surface area (Å²) in [6, 6.07) is 12.9. The van der Waals surface area contributed by atoms with E-state index in [4.69, 9.17) is 16.3 Å². The van der Waals surface area contributed by atoms with E-state index in [1.54, 1.807) is 30.3 Å². The molecule has 2 aliphatic carbocycles. The van der Waals surface area contributed by atoms with Gasteiger partial charge in [-0.05, 0) is 61.4 Å². The lowest BCUT2D eigenvalue weighted by molar-refractivity contribution is -0.120. The number of halogens is 1. The first-order valence-electron chi connectivity index (χ1n) is 10.1. The predicted molar refractivity (Wildman–Crippen MR) is 116 cm³/mol. The van der Waals surface area contributed by atoms with Crippen LogP contribution < -0.4 is 14.4 Å². The minimum absolute atomic E-state index is 0.115. The molecule has 2 fully saturated rings. The number of sulfonamides is 1. The van der Waals surface area contributed by atoms with Gasteiger partial charge >= 0.3 is 0 Å². The minimum Gasteiger partial charge on any atom is -0.495 e. The van der Waals surface area contributed by atoms with Crippen LogP contribution in [0.15, 0.2) is 53.4 Å². The second-order valence-electron chi connectivity index (χ2n) is 7.99. The fourth-order valence-corrected chi connectivity index (χ4v) is 6.34. The molecule has 8 heteroatoms. The van der Waals surface area contributed by atoms with Gasteiger partial charge in [0.05, 0.1) is 22.7 Å². The van der Waals surface area contributed by atoms with Gasteiger partial charge in [0.25, 0.3) is 10.0 Å². The first-order valence-corrected chi connectivity index (χ1v) is 11.9. The number of rotatable bonds is 7. The Morgan fingerprint density at radius 2 is 1.93 bits per heavy atom. The minimum atomic E-state index is -3.96. The third-order valence-electron chi connectivity index (χ3n) is 6.13. The van der Waals surface area contributed by atoms with Crippen LogP contribution in [-0.4, -0.2) is 34.0 Å². The van der Waals surface area contributed by atoms with E-state index in [9.17, 15) is 13.2 Å². The summed E-state index contributed by atoms with van der Waals surface area (Å²) < 4.78 is 33.0. The van der Waals surface area contributed by atoms with Gasteiger partial charge in [-0.1, -0.05) is 36.2 Å². The largest absolute Gasteiger partial charge is 0.495 e. The standard InChI is InChI=1S/C22H25ClN2O4S/c1-29-21-10-9-17(13-19(21)23)25(30(27,28)18-5-3-2-4-6-18)14-22(26)24-20-12-15-7-8-16(20)11-15/h2-6,9-10,13,15-16,20H,7-8,11-12,14H2,1H3,(H,24,26)/t15-,16+,20-/m1/s1. The average Bonchev–Trinajstić information content (AvgIpc) is 3.36. The SMILES string of the molecule is COc1ccc(N(CC(=O)N[C@@H]2C[C@@H]3CC[C@H]2C3)S(=O)(=O)c2ccccc2)cc1Cl. The van der Waals surface area contributed by atoms with Gasteiger partial charge in [0, 0.05) is 6.04 Å². The molecule has 2 saturated carbocycles. The van der Waals surface area contributed by atoms with Crippen molar-refractivity contribution < 1.29 is 17.9 Å². The Balaban J connectivity index is 1.61. The summed E-state index contributed by atoms with van der Waals surface area (Å²) in [5, 5.41) is 3.34. The molecule has 1 amide bonds. The van der Waals surface area contributed by atoms with Crippen LogP contribution in [0.4, 0.5) is 5.69 Å². The summed E-state index contributed by atoms with van der Waals surface area (Å²) in [6.45, 7) is -0.312. The Kier molecular flexibility index (Phi) is 5.93. The molecular weight excluding hydrogens is 424 g/mol. The monoisotopic (exact) mass is 448 g/mol. The summed E-state index contributed by atoms with van der Waals surface area (Å²) in [5.41, 5.74) is 0.313. The van der Waals surface area contributed by atoms with Crippen molar-refractivity contribution in [3.05, 3.63) is 53.6 Å². The van der Waals surface area contributed by atoms with Crippen LogP contribution in [-0.2, 0) is 14.8 Å². The molecule has 2 aliphatic rings. The van der Waals surface area contributed by atoms with Crippen LogP contribution in [0.1, 0.15) is 25.7 Å². The molecule has 2 bridgehead atoms. The maximum atomic E-state index is 13.4. The Morgan fingerprint density at radius 1 is 1.17 bits per heavy atom. The topological polar surface area (TPSA) is 75.7 Å². The fraction of sp³-hybridized carbons (Fsp3) is 0.409. The predicted octanol–water partition coefficient (Wildman–Crippen LogP) is 3.85. The molecule has 0 aromatic heterocycles. The van der Waals surface area contributed by atoms with Crippen molar-refractivity contribution >= 4 is 33.2 Å². The quantitative estimate of drug-likeness (QED) is 0.698. The third-order valence-corrected chi connectivity index (χ3v) is 8.21. The highest BCUT2D eigenvalue weighted by Gasteiger charge is 2.40. The zero-order chi connectivity index (χ0) is 21.3. The molecule has 2 aromatic rings. The summed E-state index contributed by atoms with van der Waals surface area (Å²) in [5.74, 6) is 1.32. The van der Waals surface area contributed by atoms with Crippen LogP contribution in [0.3, 0.4) is 0 Å². The molecule has 0 spiro atoms. The van der Waals surface area contributed by atoms with Crippen molar-refractivity contribution in [2.24, 2.45) is 11.8 Å². The number of carbonyl (C=O) groups is 1. The van der Waals surface area contributed by atoms with E-state index in [-0.39, 0.29) is 28.4 Å². The number of anilines is 1. The van der Waals surface area contributed by atoms with E-state index in [2.05, 4.69) is 5.32 Å². The number of carbonyl (C=O) groups excluding carboxylic acids is 1. The number of nitrogens with zero attached hydrogens (tertiary/aromatic N) is 1. The summed E-state index contributed by atoms with van der Waals surface area (Å²) in [4.78, 5) is 13.0. The number of methoxy groups -OCH3 is 1. The van der Waals surface area contributed by atoms with E-state index in [0.29, 0.717) is 23.3 Å². The van der Waals surface area contributed by atoms with Crippen molar-refractivity contribution in [1.29, 1.82) is 0 Å². The average molecular weight is 449 g/mol. The van der Waals surface area contributed by atoms with Crippen LogP contribution in [0, 0.1) is 11.8 Å². The van der Waals surface area contributed by atoms with Crippen molar-refractivity contribution in [1.82, 2.24) is 5.32 Å². The van der Waals surface area contributed by atoms with Gasteiger partial charge in [-0.15, -0.1) is 0 Å². The van der Waals surface area contributed by atoms with Gasteiger partial charge in [0.1, 0.15) is 12.3 Å². The molecule has 4 rings (SSSR count). The molecule has 1 N–H and O–H groups in total. The number of nitrogens with one attached hydrogen (secondary N) is 1. The molecule has 0 unspecified atom stereocenters. The molecule has 0 radical (unpaired) electrons. The summed E-state index contributed by atoms with van der Waals surface area (Å²) in [7, 11) is -2.47. The molecule has 160 valence electrons. The second kappa shape index (κ2) is 8.47. The van der Waals surface area contributed by atoms with Gasteiger partial charge in [0.2, 0.25) is 5.91 Å². The fourth-order valence-electron chi connectivity index (χ4n) is 4.65. The lowest BCUT2D eigenvalue weighted by Gasteiger charge is -2.27. The summed E-state index contributed by atoms with van der Waals surface area (Å²) >= 11 is 6.24. The van der Waals surface area contributed by atoms with Crippen LogP contribution in [0.5, 0.6) is 5.75 Å². The van der Waals surface area contributed by atoms with Crippen molar-refractivity contribution in [2.75, 3.05) is 18.0 Å². The molecule has 30 heavy (non-hydrogen) atoms. The van der Waals surface area contributed by atoms with Gasteiger partial charge < -0.3 is 10.1 Å². The van der Waals surface area contributed by atoms with E-state index >= 15 is 0 Å². The maximum Gasteiger partial charge on any atom is 0.264 e. The van der Waals surface area contributed by atoms with Crippen molar-refractivity contribution in [2.45, 2.75) is 36.6 Å². The molecule has 0 aliphatic heterocycles. The molecule has 0 heterocycles. The van der Waals surface area contributed by atoms with Gasteiger partial charge in [-0.25, -0.2) is 8.42 Å². The molecule has 3 atom stereocenters. The Hall–Kier alpha value is -2.25. The van der Waals surface area contributed by atoms with Crippen molar-refractivity contribution in [3.63, 3.8) is 0 Å². The first-order chi connectivity index (χ1) is 14.4. The van der Waals surface area contributed by atoms with Gasteiger partial charge in [-0.3, -0.25) is 9.10 Å². The lowest BCUT2D eigenvalue weighted by Crippen LogP contribution is -2.46. The second-order valence-corrected chi connectivity index (χ2v) is 10.3. The molecule has 6 nitrogen and oxygen atoms in total. The van der Waals surface area contributed by atoms with Crippen LogP contribution in [0.2, 0.25) is 5.02 Å². The molecule has 0 saturated heterocycles. The number of hydrogen-bond donors (Lipinski definition) is 1. The normalized spacial score (nSPS) is 22.7. The number of fused-ring (bicyclic) bond motifs is 2. The highest BCUT2D eigenvalue weighted by molar-refractivity contribution is 7.92. The third kappa shape index (κ3) is 4.14. The molecule has 2 aromatic carbocycles. The zero-order valence-electron chi connectivity index (χ0n) is 16.8. The lowest BCUT2D eigenvalue weighted by atomic mass is 9.95. The maximum absolute atomic E-state index is 13.4. The Labute approximate surface area is 182 Å².